The van der Waals surface area contributed by atoms with Gasteiger partial charge >= 0.3 is 5.97 Å². The monoisotopic (exact) mass is 367 g/mol. The Balaban J connectivity index is 2.84. The van der Waals surface area contributed by atoms with Gasteiger partial charge in [0.15, 0.2) is 0 Å². The predicted molar refractivity (Wildman–Crippen MR) is 73.3 cm³/mol. The van der Waals surface area contributed by atoms with Crippen molar-refractivity contribution < 1.29 is 14.8 Å². The van der Waals surface area contributed by atoms with Gasteiger partial charge in [0.2, 0.25) is 0 Å². The van der Waals surface area contributed by atoms with E-state index < -0.39 is 16.8 Å². The summed E-state index contributed by atoms with van der Waals surface area (Å²) in [5.74, 6) is -1.11. The number of carboxylic acids is 1. The van der Waals surface area contributed by atoms with Crippen molar-refractivity contribution in [1.29, 1.82) is 0 Å². The summed E-state index contributed by atoms with van der Waals surface area (Å²) in [5, 5.41) is 19.6. The number of thioether (sulfide) groups is 1. The molecule has 1 N–H and O–H groups in total. The standard InChI is InChI=1S/C10H10INO4S/c1-6(10(13)14)5-17-9-3-2-7(11)4-8(9)12(15)16/h2-4,6H,5H2,1H3,(H,13,14). The second-order valence-corrected chi connectivity index (χ2v) is 5.73. The molecule has 1 unspecified atom stereocenters. The lowest BCUT2D eigenvalue weighted by Crippen LogP contribution is -2.11. The highest BCUT2D eigenvalue weighted by molar-refractivity contribution is 14.1. The van der Waals surface area contributed by atoms with Gasteiger partial charge in [-0.3, -0.25) is 14.9 Å². The van der Waals surface area contributed by atoms with Gasteiger partial charge in [0.1, 0.15) is 0 Å². The smallest absolute Gasteiger partial charge is 0.307 e. The molecule has 0 radical (unpaired) electrons. The fraction of sp³-hybridized carbons (Fsp3) is 0.300. The molecule has 92 valence electrons. The molecule has 1 rings (SSSR count). The Labute approximate surface area is 116 Å². The highest BCUT2D eigenvalue weighted by Crippen LogP contribution is 2.31. The van der Waals surface area contributed by atoms with Crippen LogP contribution in [0.5, 0.6) is 0 Å². The number of hydrogen-bond donors (Lipinski definition) is 1. The summed E-state index contributed by atoms with van der Waals surface area (Å²) in [6.07, 6.45) is 0. The minimum absolute atomic E-state index is 0.0273. The van der Waals surface area contributed by atoms with E-state index in [-0.39, 0.29) is 5.69 Å². The van der Waals surface area contributed by atoms with Crippen molar-refractivity contribution >= 4 is 46.0 Å². The normalized spacial score (nSPS) is 12.1. The molecule has 7 heteroatoms. The lowest BCUT2D eigenvalue weighted by molar-refractivity contribution is -0.387. The molecule has 1 atom stereocenters. The average Bonchev–Trinajstić information content (AvgIpc) is 2.26. The molecule has 0 amide bonds. The van der Waals surface area contributed by atoms with Crippen molar-refractivity contribution in [2.45, 2.75) is 11.8 Å². The van der Waals surface area contributed by atoms with Crippen molar-refractivity contribution in [2.75, 3.05) is 5.75 Å². The summed E-state index contributed by atoms with van der Waals surface area (Å²) < 4.78 is 0.782. The van der Waals surface area contributed by atoms with Gasteiger partial charge in [0.05, 0.1) is 15.7 Å². The Morgan fingerprint density at radius 1 is 1.65 bits per heavy atom. The minimum atomic E-state index is -0.898. The number of nitrogens with zero attached hydrogens (tertiary/aromatic N) is 1. The molecule has 0 saturated carbocycles. The lowest BCUT2D eigenvalue weighted by Gasteiger charge is -2.06. The average molecular weight is 367 g/mol. The summed E-state index contributed by atoms with van der Waals surface area (Å²) in [5.41, 5.74) is 0.0273. The van der Waals surface area contributed by atoms with Crippen molar-refractivity contribution in [3.05, 3.63) is 31.9 Å². The highest BCUT2D eigenvalue weighted by atomic mass is 127. The number of nitro groups is 1. The molecule has 5 nitrogen and oxygen atoms in total. The van der Waals surface area contributed by atoms with E-state index in [0.29, 0.717) is 10.6 Å². The number of hydrogen-bond acceptors (Lipinski definition) is 4. The van der Waals surface area contributed by atoms with Crippen LogP contribution >= 0.6 is 34.4 Å². The first-order valence-electron chi connectivity index (χ1n) is 4.71. The summed E-state index contributed by atoms with van der Waals surface area (Å²) in [4.78, 5) is 21.5. The molecular weight excluding hydrogens is 357 g/mol. The van der Waals surface area contributed by atoms with Crippen LogP contribution in [0.25, 0.3) is 0 Å². The molecule has 0 heterocycles. The molecule has 0 spiro atoms. The fourth-order valence-corrected chi connectivity index (χ4v) is 2.53. The van der Waals surface area contributed by atoms with Crippen molar-refractivity contribution in [2.24, 2.45) is 5.92 Å². The van der Waals surface area contributed by atoms with E-state index in [0.717, 1.165) is 3.57 Å². The second kappa shape index (κ2) is 6.20. The van der Waals surface area contributed by atoms with Crippen LogP contribution < -0.4 is 0 Å². The first-order valence-corrected chi connectivity index (χ1v) is 6.77. The van der Waals surface area contributed by atoms with E-state index in [9.17, 15) is 14.9 Å². The Hall–Kier alpha value is -0.830. The van der Waals surface area contributed by atoms with Crippen molar-refractivity contribution in [3.63, 3.8) is 0 Å². The third-order valence-corrected chi connectivity index (χ3v) is 4.02. The number of rotatable bonds is 5. The van der Waals surface area contributed by atoms with Crippen LogP contribution in [0, 0.1) is 19.6 Å². The van der Waals surface area contributed by atoms with Gasteiger partial charge in [-0.25, -0.2) is 0 Å². The molecule has 0 fully saturated rings. The number of halogens is 1. The maximum absolute atomic E-state index is 10.8. The molecular formula is C10H10INO4S. The van der Waals surface area contributed by atoms with Crippen molar-refractivity contribution in [1.82, 2.24) is 0 Å². The Bertz CT molecular complexity index is 452. The van der Waals surface area contributed by atoms with E-state index in [1.807, 2.05) is 22.6 Å². The van der Waals surface area contributed by atoms with Crippen LogP contribution in [0.3, 0.4) is 0 Å². The number of carboxylic acid groups (broad SMARTS) is 1. The highest BCUT2D eigenvalue weighted by Gasteiger charge is 2.17. The zero-order valence-electron chi connectivity index (χ0n) is 8.92. The number of aliphatic carboxylic acids is 1. The molecule has 0 bridgehead atoms. The van der Waals surface area contributed by atoms with Crippen LogP contribution in [0.4, 0.5) is 5.69 Å². The van der Waals surface area contributed by atoms with Gasteiger partial charge < -0.3 is 5.11 Å². The molecule has 0 aromatic heterocycles. The topological polar surface area (TPSA) is 80.4 Å². The molecule has 0 aliphatic heterocycles. The third-order valence-electron chi connectivity index (χ3n) is 2.03. The van der Waals surface area contributed by atoms with Gasteiger partial charge in [0, 0.05) is 15.4 Å². The predicted octanol–water partition coefficient (Wildman–Crippen LogP) is 3.01. The maximum atomic E-state index is 10.8. The molecule has 0 aliphatic rings. The summed E-state index contributed by atoms with van der Waals surface area (Å²) in [6.45, 7) is 1.58. The largest absolute Gasteiger partial charge is 0.481 e. The number of benzene rings is 1. The fourth-order valence-electron chi connectivity index (χ4n) is 1.04. The van der Waals surface area contributed by atoms with Crippen LogP contribution in [-0.2, 0) is 4.79 Å². The first-order chi connectivity index (χ1) is 7.91. The number of nitro benzene ring substituents is 1. The van der Waals surface area contributed by atoms with Crippen LogP contribution in [0.2, 0.25) is 0 Å². The van der Waals surface area contributed by atoms with Gasteiger partial charge in [-0.2, -0.15) is 0 Å². The quantitative estimate of drug-likeness (QED) is 0.375. The third kappa shape index (κ3) is 4.15. The zero-order valence-corrected chi connectivity index (χ0v) is 11.9. The Kier molecular flexibility index (Phi) is 5.19. The SMILES string of the molecule is CC(CSc1ccc(I)cc1[N+](=O)[O-])C(=O)O. The minimum Gasteiger partial charge on any atom is -0.481 e. The molecule has 17 heavy (non-hydrogen) atoms. The Morgan fingerprint density at radius 2 is 2.29 bits per heavy atom. The van der Waals surface area contributed by atoms with E-state index >= 15 is 0 Å². The van der Waals surface area contributed by atoms with E-state index in [1.165, 1.54) is 17.8 Å². The molecule has 0 saturated heterocycles. The van der Waals surface area contributed by atoms with E-state index in [4.69, 9.17) is 5.11 Å². The second-order valence-electron chi connectivity index (χ2n) is 3.42. The van der Waals surface area contributed by atoms with E-state index in [1.54, 1.807) is 19.1 Å². The van der Waals surface area contributed by atoms with Crippen LogP contribution in [0.1, 0.15) is 6.92 Å². The molecule has 1 aromatic carbocycles. The van der Waals surface area contributed by atoms with Gasteiger partial charge in [-0.05, 0) is 34.7 Å². The molecule has 1 aromatic rings. The van der Waals surface area contributed by atoms with Gasteiger partial charge in [-0.15, -0.1) is 11.8 Å². The zero-order chi connectivity index (χ0) is 13.0. The summed E-state index contributed by atoms with van der Waals surface area (Å²) in [6, 6.07) is 4.90. The van der Waals surface area contributed by atoms with Gasteiger partial charge in [0.25, 0.3) is 5.69 Å². The maximum Gasteiger partial charge on any atom is 0.307 e. The molecule has 0 aliphatic carbocycles. The van der Waals surface area contributed by atoms with Crippen molar-refractivity contribution in [3.8, 4) is 0 Å². The lowest BCUT2D eigenvalue weighted by atomic mass is 10.2. The van der Waals surface area contributed by atoms with E-state index in [2.05, 4.69) is 0 Å². The van der Waals surface area contributed by atoms with Gasteiger partial charge in [-0.1, -0.05) is 6.92 Å². The van der Waals surface area contributed by atoms with Crippen LogP contribution in [0.15, 0.2) is 23.1 Å². The summed E-state index contributed by atoms with van der Waals surface area (Å²) >= 11 is 3.19. The Morgan fingerprint density at radius 3 is 2.82 bits per heavy atom. The number of carbonyl (C=O) groups is 1. The summed E-state index contributed by atoms with van der Waals surface area (Å²) in [7, 11) is 0. The first kappa shape index (κ1) is 14.2. The van der Waals surface area contributed by atoms with Crippen LogP contribution in [-0.4, -0.2) is 21.8 Å².